The van der Waals surface area contributed by atoms with Crippen LogP contribution in [-0.4, -0.2) is 53.0 Å². The van der Waals surface area contributed by atoms with E-state index in [9.17, 15) is 10.1 Å². The summed E-state index contributed by atoms with van der Waals surface area (Å²) in [5.41, 5.74) is 1.78. The first-order chi connectivity index (χ1) is 11.2. The molecule has 118 valence electrons. The van der Waals surface area contributed by atoms with E-state index < -0.39 is 0 Å². The molecule has 1 amide bonds. The zero-order chi connectivity index (χ0) is 16.2. The Kier molecular flexibility index (Phi) is 4.45. The Morgan fingerprint density at radius 2 is 1.83 bits per heavy atom. The molecule has 5 nitrogen and oxygen atoms in total. The third-order valence-electron chi connectivity index (χ3n) is 4.35. The van der Waals surface area contributed by atoms with Crippen molar-refractivity contribution in [2.45, 2.75) is 6.92 Å². The maximum Gasteiger partial charge on any atom is 0.272 e. The average molecular weight is 308 g/mol. The van der Waals surface area contributed by atoms with Gasteiger partial charge in [-0.15, -0.1) is 0 Å². The maximum atomic E-state index is 13.0. The molecule has 23 heavy (non-hydrogen) atoms. The van der Waals surface area contributed by atoms with E-state index in [4.69, 9.17) is 0 Å². The molecule has 1 saturated heterocycles. The highest BCUT2D eigenvalue weighted by molar-refractivity contribution is 5.96. The van der Waals surface area contributed by atoms with Gasteiger partial charge in [0.1, 0.15) is 11.8 Å². The fourth-order valence-electron chi connectivity index (χ4n) is 2.96. The largest absolute Gasteiger partial charge is 0.335 e. The van der Waals surface area contributed by atoms with Gasteiger partial charge in [-0.05, 0) is 24.7 Å². The summed E-state index contributed by atoms with van der Waals surface area (Å²) in [6.07, 6.45) is 1.80. The Bertz CT molecular complexity index is 721. The van der Waals surface area contributed by atoms with Crippen LogP contribution in [0.2, 0.25) is 0 Å². The standard InChI is InChI=1S/C18H20N4O/c1-2-20-10-12-21(13-11-20)18(23)17-15(14-19)8-9-22(17)16-6-4-3-5-7-16/h3-9H,2,10-13H2,1H3. The number of benzene rings is 1. The molecule has 1 aromatic heterocycles. The first-order valence-corrected chi connectivity index (χ1v) is 7.93. The van der Waals surface area contributed by atoms with Crippen molar-refractivity contribution < 1.29 is 4.79 Å². The predicted octanol–water partition coefficient (Wildman–Crippen LogP) is 2.13. The number of nitriles is 1. The van der Waals surface area contributed by atoms with Crippen LogP contribution in [0.15, 0.2) is 42.6 Å². The number of nitrogens with zero attached hydrogens (tertiary/aromatic N) is 4. The molecule has 1 fully saturated rings. The van der Waals surface area contributed by atoms with Crippen LogP contribution in [0.3, 0.4) is 0 Å². The fraction of sp³-hybridized carbons (Fsp3) is 0.333. The molecular weight excluding hydrogens is 288 g/mol. The summed E-state index contributed by atoms with van der Waals surface area (Å²) in [7, 11) is 0. The zero-order valence-corrected chi connectivity index (χ0v) is 13.3. The molecule has 0 unspecified atom stereocenters. The summed E-state index contributed by atoms with van der Waals surface area (Å²) in [5, 5.41) is 9.36. The molecule has 0 N–H and O–H groups in total. The van der Waals surface area contributed by atoms with E-state index in [2.05, 4.69) is 17.9 Å². The normalized spacial score (nSPS) is 15.4. The van der Waals surface area contributed by atoms with Gasteiger partial charge in [0.2, 0.25) is 0 Å². The summed E-state index contributed by atoms with van der Waals surface area (Å²) in [6.45, 7) is 6.32. The van der Waals surface area contributed by atoms with E-state index in [1.807, 2.05) is 39.8 Å². The van der Waals surface area contributed by atoms with E-state index in [1.54, 1.807) is 12.3 Å². The predicted molar refractivity (Wildman–Crippen MR) is 88.5 cm³/mol. The van der Waals surface area contributed by atoms with Crippen LogP contribution in [0.25, 0.3) is 5.69 Å². The van der Waals surface area contributed by atoms with E-state index >= 15 is 0 Å². The van der Waals surface area contributed by atoms with E-state index in [0.717, 1.165) is 25.3 Å². The topological polar surface area (TPSA) is 52.3 Å². The first-order valence-electron chi connectivity index (χ1n) is 7.93. The van der Waals surface area contributed by atoms with Gasteiger partial charge >= 0.3 is 0 Å². The van der Waals surface area contributed by atoms with Crippen molar-refractivity contribution >= 4 is 5.91 Å². The third-order valence-corrected chi connectivity index (χ3v) is 4.35. The molecule has 0 bridgehead atoms. The van der Waals surface area contributed by atoms with Crippen molar-refractivity contribution in [1.82, 2.24) is 14.4 Å². The first kappa shape index (κ1) is 15.3. The van der Waals surface area contributed by atoms with Gasteiger partial charge in [-0.3, -0.25) is 4.79 Å². The number of amides is 1. The van der Waals surface area contributed by atoms with Crippen molar-refractivity contribution in [2.75, 3.05) is 32.7 Å². The number of carbonyl (C=O) groups excluding carboxylic acids is 1. The number of carbonyl (C=O) groups is 1. The van der Waals surface area contributed by atoms with Crippen LogP contribution < -0.4 is 0 Å². The Labute approximate surface area is 136 Å². The lowest BCUT2D eigenvalue weighted by Gasteiger charge is -2.34. The van der Waals surface area contributed by atoms with Gasteiger partial charge in [-0.2, -0.15) is 5.26 Å². The lowest BCUT2D eigenvalue weighted by Crippen LogP contribution is -2.48. The SMILES string of the molecule is CCN1CCN(C(=O)c2c(C#N)ccn2-c2ccccc2)CC1. The molecule has 1 aliphatic heterocycles. The Hall–Kier alpha value is -2.58. The monoisotopic (exact) mass is 308 g/mol. The molecule has 2 heterocycles. The van der Waals surface area contributed by atoms with Crippen LogP contribution in [0.5, 0.6) is 0 Å². The van der Waals surface area contributed by atoms with Gasteiger partial charge in [0.25, 0.3) is 5.91 Å². The maximum absolute atomic E-state index is 13.0. The lowest BCUT2D eigenvalue weighted by molar-refractivity contribution is 0.0635. The van der Waals surface area contributed by atoms with Crippen LogP contribution >= 0.6 is 0 Å². The molecular formula is C18H20N4O. The second-order valence-corrected chi connectivity index (χ2v) is 5.62. The zero-order valence-electron chi connectivity index (χ0n) is 13.3. The van der Waals surface area contributed by atoms with Crippen molar-refractivity contribution in [3.05, 3.63) is 53.9 Å². The molecule has 0 aliphatic carbocycles. The molecule has 0 saturated carbocycles. The minimum Gasteiger partial charge on any atom is -0.335 e. The van der Waals surface area contributed by atoms with Gasteiger partial charge < -0.3 is 14.4 Å². The number of piperazine rings is 1. The highest BCUT2D eigenvalue weighted by Gasteiger charge is 2.26. The second kappa shape index (κ2) is 6.67. The summed E-state index contributed by atoms with van der Waals surface area (Å²) in [6, 6.07) is 13.5. The minimum absolute atomic E-state index is 0.0637. The van der Waals surface area contributed by atoms with Crippen LogP contribution in [0, 0.1) is 11.3 Å². The quantitative estimate of drug-likeness (QED) is 0.873. The van der Waals surface area contributed by atoms with Gasteiger partial charge in [0.05, 0.1) is 5.56 Å². The van der Waals surface area contributed by atoms with Gasteiger partial charge in [-0.25, -0.2) is 0 Å². The fourth-order valence-corrected chi connectivity index (χ4v) is 2.96. The molecule has 5 heteroatoms. The number of para-hydroxylation sites is 1. The summed E-state index contributed by atoms with van der Waals surface area (Å²) >= 11 is 0. The summed E-state index contributed by atoms with van der Waals surface area (Å²) < 4.78 is 1.81. The molecule has 1 aromatic carbocycles. The smallest absolute Gasteiger partial charge is 0.272 e. The van der Waals surface area contributed by atoms with Crippen molar-refractivity contribution in [2.24, 2.45) is 0 Å². The van der Waals surface area contributed by atoms with Gasteiger partial charge in [-0.1, -0.05) is 25.1 Å². The second-order valence-electron chi connectivity index (χ2n) is 5.62. The van der Waals surface area contributed by atoms with Crippen LogP contribution in [-0.2, 0) is 0 Å². The molecule has 1 aliphatic rings. The van der Waals surface area contributed by atoms with E-state index in [0.29, 0.717) is 24.3 Å². The number of rotatable bonds is 3. The van der Waals surface area contributed by atoms with Crippen LogP contribution in [0.1, 0.15) is 23.0 Å². The van der Waals surface area contributed by atoms with Crippen LogP contribution in [0.4, 0.5) is 0 Å². The van der Waals surface area contributed by atoms with Gasteiger partial charge in [0, 0.05) is 38.1 Å². The molecule has 0 spiro atoms. The number of aromatic nitrogens is 1. The average Bonchev–Trinajstić information content (AvgIpc) is 3.06. The van der Waals surface area contributed by atoms with Crippen molar-refractivity contribution in [3.8, 4) is 11.8 Å². The van der Waals surface area contributed by atoms with Gasteiger partial charge in [0.15, 0.2) is 0 Å². The Morgan fingerprint density at radius 3 is 2.43 bits per heavy atom. The summed E-state index contributed by atoms with van der Waals surface area (Å²) in [4.78, 5) is 17.1. The number of hydrogen-bond donors (Lipinski definition) is 0. The molecule has 2 aromatic rings. The number of likely N-dealkylation sites (N-methyl/N-ethyl adjacent to an activating group) is 1. The minimum atomic E-state index is -0.0637. The molecule has 0 atom stereocenters. The molecule has 0 radical (unpaired) electrons. The highest BCUT2D eigenvalue weighted by atomic mass is 16.2. The van der Waals surface area contributed by atoms with Crippen molar-refractivity contribution in [3.63, 3.8) is 0 Å². The third kappa shape index (κ3) is 2.99. The Balaban J connectivity index is 1.91. The number of hydrogen-bond acceptors (Lipinski definition) is 3. The van der Waals surface area contributed by atoms with E-state index in [-0.39, 0.29) is 5.91 Å². The van der Waals surface area contributed by atoms with Crippen molar-refractivity contribution in [1.29, 1.82) is 5.26 Å². The summed E-state index contributed by atoms with van der Waals surface area (Å²) in [5.74, 6) is -0.0637. The van der Waals surface area contributed by atoms with E-state index in [1.165, 1.54) is 0 Å². The lowest BCUT2D eigenvalue weighted by atomic mass is 10.2. The highest BCUT2D eigenvalue weighted by Crippen LogP contribution is 2.19. The molecule has 3 rings (SSSR count). The Morgan fingerprint density at radius 1 is 1.13 bits per heavy atom.